The molecular formula is C14H11ClO2. The topological polar surface area (TPSA) is 30.2 Å². The molecular weight excluding hydrogens is 236 g/mol. The van der Waals surface area contributed by atoms with Crippen molar-refractivity contribution < 1.29 is 9.21 Å². The Morgan fingerprint density at radius 1 is 1.24 bits per heavy atom. The smallest absolute Gasteiger partial charge is 0.187 e. The quantitative estimate of drug-likeness (QED) is 0.602. The molecule has 0 amide bonds. The zero-order chi connectivity index (χ0) is 12.3. The van der Waals surface area contributed by atoms with Crippen LogP contribution >= 0.6 is 11.6 Å². The SMILES string of the molecule is Cc1ccc(C=CC(=O)c2ccccc2Cl)o1. The van der Waals surface area contributed by atoms with Gasteiger partial charge in [0.1, 0.15) is 11.5 Å². The van der Waals surface area contributed by atoms with Gasteiger partial charge in [0, 0.05) is 5.56 Å². The maximum absolute atomic E-state index is 11.8. The van der Waals surface area contributed by atoms with Crippen LogP contribution in [0.1, 0.15) is 21.9 Å². The Bertz CT molecular complexity index is 567. The van der Waals surface area contributed by atoms with E-state index in [4.69, 9.17) is 16.0 Å². The number of halogens is 1. The Morgan fingerprint density at radius 2 is 2.00 bits per heavy atom. The molecule has 0 aliphatic rings. The van der Waals surface area contributed by atoms with E-state index in [0.717, 1.165) is 5.76 Å². The fraction of sp³-hybridized carbons (Fsp3) is 0.0714. The van der Waals surface area contributed by atoms with Crippen molar-refractivity contribution in [3.05, 3.63) is 64.6 Å². The predicted octanol–water partition coefficient (Wildman–Crippen LogP) is 4.14. The summed E-state index contributed by atoms with van der Waals surface area (Å²) in [6, 6.07) is 10.6. The molecule has 17 heavy (non-hydrogen) atoms. The van der Waals surface area contributed by atoms with E-state index in [2.05, 4.69) is 0 Å². The lowest BCUT2D eigenvalue weighted by Crippen LogP contribution is -1.94. The van der Waals surface area contributed by atoms with Crippen LogP contribution in [0.5, 0.6) is 0 Å². The molecule has 1 heterocycles. The van der Waals surface area contributed by atoms with Crippen molar-refractivity contribution in [2.24, 2.45) is 0 Å². The van der Waals surface area contributed by atoms with Crippen LogP contribution in [0, 0.1) is 6.92 Å². The lowest BCUT2D eigenvalue weighted by Gasteiger charge is -1.97. The Hall–Kier alpha value is -1.80. The molecule has 0 saturated carbocycles. The maximum atomic E-state index is 11.8. The van der Waals surface area contributed by atoms with Crippen LogP contribution in [0.15, 0.2) is 46.9 Å². The highest BCUT2D eigenvalue weighted by Gasteiger charge is 2.05. The second-order valence-electron chi connectivity index (χ2n) is 3.63. The van der Waals surface area contributed by atoms with Crippen LogP contribution < -0.4 is 0 Å². The summed E-state index contributed by atoms with van der Waals surface area (Å²) >= 11 is 5.93. The first kappa shape index (κ1) is 11.7. The van der Waals surface area contributed by atoms with Gasteiger partial charge in [-0.2, -0.15) is 0 Å². The van der Waals surface area contributed by atoms with Crippen molar-refractivity contribution in [2.75, 3.05) is 0 Å². The summed E-state index contributed by atoms with van der Waals surface area (Å²) in [6.07, 6.45) is 3.10. The number of furan rings is 1. The minimum atomic E-state index is -0.135. The Kier molecular flexibility index (Phi) is 3.45. The van der Waals surface area contributed by atoms with Gasteiger partial charge in [-0.3, -0.25) is 4.79 Å². The summed E-state index contributed by atoms with van der Waals surface area (Å²) < 4.78 is 5.33. The standard InChI is InChI=1S/C14H11ClO2/c1-10-6-7-11(17-10)8-9-14(16)12-4-2-3-5-13(12)15/h2-9H,1H3. The molecule has 2 aromatic rings. The van der Waals surface area contributed by atoms with Crippen LogP contribution in [0.25, 0.3) is 6.08 Å². The number of carbonyl (C=O) groups excluding carboxylic acids is 1. The van der Waals surface area contributed by atoms with E-state index < -0.39 is 0 Å². The number of ketones is 1. The largest absolute Gasteiger partial charge is 0.462 e. The van der Waals surface area contributed by atoms with Gasteiger partial charge in [-0.25, -0.2) is 0 Å². The molecule has 0 N–H and O–H groups in total. The number of rotatable bonds is 3. The van der Waals surface area contributed by atoms with Crippen LogP contribution in [0.4, 0.5) is 0 Å². The fourth-order valence-electron chi connectivity index (χ4n) is 1.45. The Morgan fingerprint density at radius 3 is 2.65 bits per heavy atom. The molecule has 0 atom stereocenters. The van der Waals surface area contributed by atoms with Crippen molar-refractivity contribution in [3.8, 4) is 0 Å². The van der Waals surface area contributed by atoms with Crippen molar-refractivity contribution in [1.82, 2.24) is 0 Å². The van der Waals surface area contributed by atoms with Gasteiger partial charge in [0.05, 0.1) is 5.02 Å². The maximum Gasteiger partial charge on any atom is 0.187 e. The first-order chi connectivity index (χ1) is 8.16. The molecule has 1 aromatic heterocycles. The van der Waals surface area contributed by atoms with E-state index in [9.17, 15) is 4.79 Å². The van der Waals surface area contributed by atoms with Gasteiger partial charge >= 0.3 is 0 Å². The third-order valence-electron chi connectivity index (χ3n) is 2.30. The molecule has 0 saturated heterocycles. The second-order valence-corrected chi connectivity index (χ2v) is 4.03. The molecule has 0 fully saturated rings. The Labute approximate surface area is 105 Å². The van der Waals surface area contributed by atoms with Gasteiger partial charge in [-0.05, 0) is 43.3 Å². The van der Waals surface area contributed by atoms with E-state index in [1.807, 2.05) is 19.1 Å². The van der Waals surface area contributed by atoms with E-state index in [0.29, 0.717) is 16.3 Å². The highest BCUT2D eigenvalue weighted by Crippen LogP contribution is 2.16. The molecule has 1 aromatic carbocycles. The van der Waals surface area contributed by atoms with Gasteiger partial charge in [0.15, 0.2) is 5.78 Å². The number of allylic oxidation sites excluding steroid dienone is 1. The summed E-state index contributed by atoms with van der Waals surface area (Å²) in [6.45, 7) is 1.85. The summed E-state index contributed by atoms with van der Waals surface area (Å²) in [7, 11) is 0. The fourth-order valence-corrected chi connectivity index (χ4v) is 1.68. The van der Waals surface area contributed by atoms with Crippen LogP contribution in [0.2, 0.25) is 5.02 Å². The molecule has 2 nitrogen and oxygen atoms in total. The first-order valence-corrected chi connectivity index (χ1v) is 5.58. The van der Waals surface area contributed by atoms with E-state index in [1.165, 1.54) is 6.08 Å². The lowest BCUT2D eigenvalue weighted by molar-refractivity contribution is 0.104. The highest BCUT2D eigenvalue weighted by molar-refractivity contribution is 6.34. The summed E-state index contributed by atoms with van der Waals surface area (Å²) in [5, 5.41) is 0.456. The Balaban J connectivity index is 2.17. The average Bonchev–Trinajstić information content (AvgIpc) is 2.73. The van der Waals surface area contributed by atoms with Crippen LogP contribution in [-0.4, -0.2) is 5.78 Å². The zero-order valence-electron chi connectivity index (χ0n) is 9.31. The van der Waals surface area contributed by atoms with Crippen LogP contribution in [0.3, 0.4) is 0 Å². The molecule has 0 spiro atoms. The third-order valence-corrected chi connectivity index (χ3v) is 2.63. The van der Waals surface area contributed by atoms with Gasteiger partial charge in [0.25, 0.3) is 0 Å². The van der Waals surface area contributed by atoms with Gasteiger partial charge in [0.2, 0.25) is 0 Å². The number of hydrogen-bond donors (Lipinski definition) is 0. The predicted molar refractivity (Wildman–Crippen MR) is 68.3 cm³/mol. The summed E-state index contributed by atoms with van der Waals surface area (Å²) in [5.41, 5.74) is 0.494. The molecule has 0 bridgehead atoms. The molecule has 0 unspecified atom stereocenters. The lowest BCUT2D eigenvalue weighted by atomic mass is 10.1. The van der Waals surface area contributed by atoms with Crippen molar-refractivity contribution in [1.29, 1.82) is 0 Å². The van der Waals surface area contributed by atoms with Crippen molar-refractivity contribution >= 4 is 23.5 Å². The van der Waals surface area contributed by atoms with E-state index in [1.54, 1.807) is 30.3 Å². The molecule has 2 rings (SSSR count). The van der Waals surface area contributed by atoms with Crippen LogP contribution in [-0.2, 0) is 0 Å². The monoisotopic (exact) mass is 246 g/mol. The first-order valence-electron chi connectivity index (χ1n) is 5.20. The number of carbonyl (C=O) groups is 1. The molecule has 0 aliphatic carbocycles. The van der Waals surface area contributed by atoms with E-state index in [-0.39, 0.29) is 5.78 Å². The third kappa shape index (κ3) is 2.86. The minimum absolute atomic E-state index is 0.135. The zero-order valence-corrected chi connectivity index (χ0v) is 10.1. The van der Waals surface area contributed by atoms with Crippen molar-refractivity contribution in [2.45, 2.75) is 6.92 Å². The van der Waals surface area contributed by atoms with Gasteiger partial charge in [-0.15, -0.1) is 0 Å². The van der Waals surface area contributed by atoms with Gasteiger partial charge in [-0.1, -0.05) is 23.7 Å². The normalized spacial score (nSPS) is 10.9. The number of hydrogen-bond acceptors (Lipinski definition) is 2. The minimum Gasteiger partial charge on any atom is -0.462 e. The summed E-state index contributed by atoms with van der Waals surface area (Å²) in [5.74, 6) is 1.34. The van der Waals surface area contributed by atoms with Crippen molar-refractivity contribution in [3.63, 3.8) is 0 Å². The number of benzene rings is 1. The molecule has 0 aliphatic heterocycles. The summed E-state index contributed by atoms with van der Waals surface area (Å²) in [4.78, 5) is 11.8. The molecule has 86 valence electrons. The number of aryl methyl sites for hydroxylation is 1. The molecule has 3 heteroatoms. The van der Waals surface area contributed by atoms with E-state index >= 15 is 0 Å². The average molecular weight is 247 g/mol. The van der Waals surface area contributed by atoms with Gasteiger partial charge < -0.3 is 4.42 Å². The highest BCUT2D eigenvalue weighted by atomic mass is 35.5. The molecule has 0 radical (unpaired) electrons. The second kappa shape index (κ2) is 5.02.